The Hall–Kier alpha value is -1.03. The van der Waals surface area contributed by atoms with Crippen molar-refractivity contribution in [1.29, 1.82) is 0 Å². The summed E-state index contributed by atoms with van der Waals surface area (Å²) in [6.07, 6.45) is 4.87. The summed E-state index contributed by atoms with van der Waals surface area (Å²) in [6.45, 7) is -0.168. The summed E-state index contributed by atoms with van der Waals surface area (Å²) in [4.78, 5) is 16.8. The third-order valence-corrected chi connectivity index (χ3v) is 4.70. The fourth-order valence-electron chi connectivity index (χ4n) is 1.65. The summed E-state index contributed by atoms with van der Waals surface area (Å²) in [7, 11) is 0. The van der Waals surface area contributed by atoms with Crippen LogP contribution in [0.15, 0.2) is 6.20 Å². The Labute approximate surface area is 114 Å². The molecule has 1 unspecified atom stereocenters. The number of aromatic nitrogens is 1. The van der Waals surface area contributed by atoms with Gasteiger partial charge in [0, 0.05) is 0 Å². The molecule has 1 aliphatic heterocycles. The molecule has 0 saturated carbocycles. The zero-order chi connectivity index (χ0) is 12.8. The summed E-state index contributed by atoms with van der Waals surface area (Å²) in [5.74, 6) is 6.42. The molecule has 4 nitrogen and oxygen atoms in total. The molecule has 0 bridgehead atoms. The van der Waals surface area contributed by atoms with E-state index in [0.717, 1.165) is 23.5 Å². The van der Waals surface area contributed by atoms with Crippen molar-refractivity contribution < 1.29 is 9.90 Å². The van der Waals surface area contributed by atoms with E-state index in [2.05, 4.69) is 22.1 Å². The van der Waals surface area contributed by atoms with Gasteiger partial charge in [-0.15, -0.1) is 11.8 Å². The van der Waals surface area contributed by atoms with Crippen LogP contribution >= 0.6 is 23.1 Å². The van der Waals surface area contributed by atoms with Gasteiger partial charge in [-0.2, -0.15) is 0 Å². The minimum Gasteiger partial charge on any atom is -0.384 e. The number of hydrogen-bond acceptors (Lipinski definition) is 5. The molecule has 1 saturated heterocycles. The second kappa shape index (κ2) is 6.78. The van der Waals surface area contributed by atoms with Crippen LogP contribution in [0.3, 0.4) is 0 Å². The van der Waals surface area contributed by atoms with E-state index in [1.807, 2.05) is 0 Å². The van der Waals surface area contributed by atoms with E-state index in [1.54, 1.807) is 18.0 Å². The lowest BCUT2D eigenvalue weighted by molar-refractivity contribution is -0.115. The minimum absolute atomic E-state index is 0.0377. The normalized spacial score (nSPS) is 18.8. The average molecular weight is 282 g/mol. The number of nitrogens with one attached hydrogen (secondary N) is 1. The first-order valence-electron chi connectivity index (χ1n) is 5.77. The van der Waals surface area contributed by atoms with Crippen LogP contribution in [-0.2, 0) is 4.79 Å². The van der Waals surface area contributed by atoms with E-state index in [4.69, 9.17) is 5.11 Å². The molecule has 2 N–H and O–H groups in total. The second-order valence-electron chi connectivity index (χ2n) is 3.83. The summed E-state index contributed by atoms with van der Waals surface area (Å²) in [6, 6.07) is 0. The number of hydrogen-bond donors (Lipinski definition) is 2. The highest BCUT2D eigenvalue weighted by Crippen LogP contribution is 2.26. The SMILES string of the molecule is O=C(Nc1ncc(C#CCO)s1)C1CCCCS1. The molecule has 1 fully saturated rings. The molecule has 0 aromatic carbocycles. The van der Waals surface area contributed by atoms with Gasteiger partial charge in [-0.3, -0.25) is 4.79 Å². The van der Waals surface area contributed by atoms with Crippen molar-refractivity contribution in [3.8, 4) is 11.8 Å². The zero-order valence-corrected chi connectivity index (χ0v) is 11.4. The van der Waals surface area contributed by atoms with E-state index in [1.165, 1.54) is 17.8 Å². The van der Waals surface area contributed by atoms with Crippen LogP contribution in [0, 0.1) is 11.8 Å². The number of amides is 1. The zero-order valence-electron chi connectivity index (χ0n) is 9.81. The molecule has 1 aromatic rings. The first-order valence-corrected chi connectivity index (χ1v) is 7.64. The van der Waals surface area contributed by atoms with Crippen molar-refractivity contribution >= 4 is 34.1 Å². The van der Waals surface area contributed by atoms with Gasteiger partial charge >= 0.3 is 0 Å². The van der Waals surface area contributed by atoms with Gasteiger partial charge in [-0.05, 0) is 18.6 Å². The van der Waals surface area contributed by atoms with Crippen molar-refractivity contribution in [1.82, 2.24) is 4.98 Å². The number of carbonyl (C=O) groups excluding carboxylic acids is 1. The summed E-state index contributed by atoms with van der Waals surface area (Å²) < 4.78 is 0. The molecular weight excluding hydrogens is 268 g/mol. The van der Waals surface area contributed by atoms with Crippen LogP contribution in [0.1, 0.15) is 24.1 Å². The monoisotopic (exact) mass is 282 g/mol. The Morgan fingerprint density at radius 3 is 3.22 bits per heavy atom. The van der Waals surface area contributed by atoms with Crippen molar-refractivity contribution in [2.24, 2.45) is 0 Å². The van der Waals surface area contributed by atoms with Crippen LogP contribution in [0.4, 0.5) is 5.13 Å². The molecule has 18 heavy (non-hydrogen) atoms. The van der Waals surface area contributed by atoms with Gasteiger partial charge in [0.05, 0.1) is 16.3 Å². The molecule has 0 aliphatic carbocycles. The lowest BCUT2D eigenvalue weighted by Crippen LogP contribution is -2.27. The lowest BCUT2D eigenvalue weighted by atomic mass is 10.2. The fourth-order valence-corrected chi connectivity index (χ4v) is 3.54. The number of carbonyl (C=O) groups is 1. The smallest absolute Gasteiger partial charge is 0.239 e. The third kappa shape index (κ3) is 3.73. The minimum atomic E-state index is -0.168. The van der Waals surface area contributed by atoms with Crippen molar-refractivity contribution in [3.05, 3.63) is 11.1 Å². The van der Waals surface area contributed by atoms with E-state index in [-0.39, 0.29) is 17.8 Å². The second-order valence-corrected chi connectivity index (χ2v) is 6.18. The van der Waals surface area contributed by atoms with Crippen LogP contribution in [0.2, 0.25) is 0 Å². The van der Waals surface area contributed by atoms with Gasteiger partial charge in [0.1, 0.15) is 6.61 Å². The Morgan fingerprint density at radius 1 is 1.61 bits per heavy atom. The standard InChI is InChI=1S/C12H14N2O2S2/c15-6-3-4-9-8-13-12(18-9)14-11(16)10-5-1-2-7-17-10/h8,10,15H,1-2,5-7H2,(H,13,14,16). The molecule has 6 heteroatoms. The summed E-state index contributed by atoms with van der Waals surface area (Å²) >= 11 is 3.04. The first-order chi connectivity index (χ1) is 8.79. The Bertz CT molecular complexity index is 470. The van der Waals surface area contributed by atoms with Crippen LogP contribution in [-0.4, -0.2) is 33.6 Å². The van der Waals surface area contributed by atoms with Crippen LogP contribution in [0.5, 0.6) is 0 Å². The summed E-state index contributed by atoms with van der Waals surface area (Å²) in [5.41, 5.74) is 0. The molecule has 1 aromatic heterocycles. The first kappa shape index (κ1) is 13.4. The number of rotatable bonds is 2. The van der Waals surface area contributed by atoms with Crippen LogP contribution in [0.25, 0.3) is 0 Å². The maximum atomic E-state index is 11.9. The van der Waals surface area contributed by atoms with Gasteiger partial charge in [-0.1, -0.05) is 29.6 Å². The fraction of sp³-hybridized carbons (Fsp3) is 0.500. The predicted octanol–water partition coefficient (Wildman–Crippen LogP) is 1.71. The highest BCUT2D eigenvalue weighted by Gasteiger charge is 2.22. The maximum Gasteiger partial charge on any atom is 0.239 e. The van der Waals surface area contributed by atoms with Crippen molar-refractivity contribution in [2.75, 3.05) is 17.7 Å². The molecule has 0 spiro atoms. The molecule has 1 atom stereocenters. The molecule has 96 valence electrons. The van der Waals surface area contributed by atoms with Gasteiger partial charge in [0.25, 0.3) is 0 Å². The number of thiazole rings is 1. The Kier molecular flexibility index (Phi) is 5.05. The van der Waals surface area contributed by atoms with Gasteiger partial charge < -0.3 is 10.4 Å². The number of aliphatic hydroxyl groups is 1. The van der Waals surface area contributed by atoms with E-state index < -0.39 is 0 Å². The molecule has 1 amide bonds. The topological polar surface area (TPSA) is 62.2 Å². The molecule has 2 heterocycles. The van der Waals surface area contributed by atoms with E-state index in [0.29, 0.717) is 5.13 Å². The van der Waals surface area contributed by atoms with Crippen molar-refractivity contribution in [2.45, 2.75) is 24.5 Å². The number of anilines is 1. The largest absolute Gasteiger partial charge is 0.384 e. The number of aliphatic hydroxyl groups excluding tert-OH is 1. The highest BCUT2D eigenvalue weighted by atomic mass is 32.2. The Balaban J connectivity index is 1.92. The van der Waals surface area contributed by atoms with Gasteiger partial charge in [0.15, 0.2) is 5.13 Å². The van der Waals surface area contributed by atoms with Crippen molar-refractivity contribution in [3.63, 3.8) is 0 Å². The maximum absolute atomic E-state index is 11.9. The molecule has 2 rings (SSSR count). The molecule has 1 aliphatic rings. The quantitative estimate of drug-likeness (QED) is 0.811. The lowest BCUT2D eigenvalue weighted by Gasteiger charge is -2.19. The van der Waals surface area contributed by atoms with Gasteiger partial charge in [-0.25, -0.2) is 4.98 Å². The van der Waals surface area contributed by atoms with E-state index >= 15 is 0 Å². The number of nitrogens with zero attached hydrogens (tertiary/aromatic N) is 1. The van der Waals surface area contributed by atoms with Gasteiger partial charge in [0.2, 0.25) is 5.91 Å². The number of thioether (sulfide) groups is 1. The average Bonchev–Trinajstić information content (AvgIpc) is 2.85. The summed E-state index contributed by atoms with van der Waals surface area (Å²) in [5, 5.41) is 12.0. The highest BCUT2D eigenvalue weighted by molar-refractivity contribution is 8.00. The predicted molar refractivity (Wildman–Crippen MR) is 74.8 cm³/mol. The van der Waals surface area contributed by atoms with Crippen LogP contribution < -0.4 is 5.32 Å². The van der Waals surface area contributed by atoms with E-state index in [9.17, 15) is 4.79 Å². The molecule has 0 radical (unpaired) electrons. The third-order valence-electron chi connectivity index (χ3n) is 2.50. The Morgan fingerprint density at radius 2 is 2.50 bits per heavy atom. The molecular formula is C12H14N2O2S2.